The van der Waals surface area contributed by atoms with Crippen LogP contribution in [0.25, 0.3) is 0 Å². The highest BCUT2D eigenvalue weighted by molar-refractivity contribution is 7.12. The van der Waals surface area contributed by atoms with Gasteiger partial charge in [0.1, 0.15) is 13.2 Å². The predicted octanol–water partition coefficient (Wildman–Crippen LogP) is 2.91. The first-order valence-electron chi connectivity index (χ1n) is 8.17. The lowest BCUT2D eigenvalue weighted by Gasteiger charge is -2.24. The number of carbonyl (C=O) groups is 3. The molecule has 0 bridgehead atoms. The molecule has 7 heteroatoms. The van der Waals surface area contributed by atoms with Crippen molar-refractivity contribution in [1.29, 1.82) is 0 Å². The number of rotatable bonds is 9. The van der Waals surface area contributed by atoms with Gasteiger partial charge in [-0.3, -0.25) is 14.4 Å². The average molecular weight is 375 g/mol. The third-order valence-corrected chi connectivity index (χ3v) is 4.44. The van der Waals surface area contributed by atoms with Crippen LogP contribution in [0.1, 0.15) is 29.1 Å². The number of nitrogens with zero attached hydrogens (tertiary/aromatic N) is 1. The van der Waals surface area contributed by atoms with E-state index in [4.69, 9.17) is 9.47 Å². The smallest absolute Gasteiger partial charge is 0.302 e. The zero-order chi connectivity index (χ0) is 18.9. The molecule has 2 aromatic rings. The first-order chi connectivity index (χ1) is 12.5. The maximum Gasteiger partial charge on any atom is 0.302 e. The molecule has 0 fully saturated rings. The summed E-state index contributed by atoms with van der Waals surface area (Å²) in [6.07, 6.45) is 0. The number of benzene rings is 1. The second kappa shape index (κ2) is 9.72. The van der Waals surface area contributed by atoms with Crippen LogP contribution in [0.5, 0.6) is 0 Å². The Morgan fingerprint density at radius 1 is 0.923 bits per heavy atom. The van der Waals surface area contributed by atoms with E-state index in [0.29, 0.717) is 23.5 Å². The van der Waals surface area contributed by atoms with Crippen molar-refractivity contribution in [3.63, 3.8) is 0 Å². The zero-order valence-corrected chi connectivity index (χ0v) is 15.6. The van der Waals surface area contributed by atoms with Crippen molar-refractivity contribution in [3.05, 3.63) is 52.2 Å². The van der Waals surface area contributed by atoms with E-state index >= 15 is 0 Å². The molecular weight excluding hydrogens is 354 g/mol. The topological polar surface area (TPSA) is 72.9 Å². The summed E-state index contributed by atoms with van der Waals surface area (Å²) < 4.78 is 9.98. The molecule has 0 saturated heterocycles. The Kier molecular flexibility index (Phi) is 7.35. The first-order valence-corrected chi connectivity index (χ1v) is 9.05. The molecule has 26 heavy (non-hydrogen) atoms. The molecule has 0 aliphatic rings. The van der Waals surface area contributed by atoms with E-state index < -0.39 is 0 Å². The Bertz CT molecular complexity index is 720. The van der Waals surface area contributed by atoms with Gasteiger partial charge in [-0.25, -0.2) is 0 Å². The van der Waals surface area contributed by atoms with Crippen LogP contribution in [0.2, 0.25) is 0 Å². The molecule has 0 saturated carbocycles. The Morgan fingerprint density at radius 2 is 1.50 bits per heavy atom. The maximum atomic E-state index is 12.4. The Balaban J connectivity index is 2.06. The highest BCUT2D eigenvalue weighted by Crippen LogP contribution is 2.19. The van der Waals surface area contributed by atoms with Crippen LogP contribution in [0, 0.1) is 0 Å². The highest BCUT2D eigenvalue weighted by Gasteiger charge is 2.12. The molecule has 1 heterocycles. The van der Waals surface area contributed by atoms with Crippen molar-refractivity contribution in [2.75, 3.05) is 31.2 Å². The summed E-state index contributed by atoms with van der Waals surface area (Å²) in [5.41, 5.74) is 1.46. The summed E-state index contributed by atoms with van der Waals surface area (Å²) in [6.45, 7) is 4.08. The second-order valence-electron chi connectivity index (χ2n) is 5.52. The predicted molar refractivity (Wildman–Crippen MR) is 99.7 cm³/mol. The van der Waals surface area contributed by atoms with Gasteiger partial charge in [0.25, 0.3) is 0 Å². The third kappa shape index (κ3) is 6.00. The average Bonchev–Trinajstić information content (AvgIpc) is 3.14. The molecule has 2 rings (SSSR count). The summed E-state index contributed by atoms with van der Waals surface area (Å²) in [4.78, 5) is 36.9. The van der Waals surface area contributed by atoms with E-state index in [1.165, 1.54) is 25.2 Å². The zero-order valence-electron chi connectivity index (χ0n) is 14.8. The fraction of sp³-hybridized carbons (Fsp3) is 0.316. The molecule has 0 radical (unpaired) electrons. The minimum absolute atomic E-state index is 0.0158. The maximum absolute atomic E-state index is 12.4. The van der Waals surface area contributed by atoms with Crippen molar-refractivity contribution in [2.24, 2.45) is 0 Å². The SMILES string of the molecule is CC(=O)OCCN(CCOC(C)=O)c1ccc(C(=O)c2cccs2)cc1. The molecular formula is C19H21NO5S. The largest absolute Gasteiger partial charge is 0.464 e. The summed E-state index contributed by atoms with van der Waals surface area (Å²) in [6, 6.07) is 10.8. The van der Waals surface area contributed by atoms with Crippen LogP contribution in [-0.2, 0) is 19.1 Å². The lowest BCUT2D eigenvalue weighted by molar-refractivity contribution is -0.141. The number of thiophene rings is 1. The van der Waals surface area contributed by atoms with E-state index in [2.05, 4.69) is 0 Å². The fourth-order valence-corrected chi connectivity index (χ4v) is 3.03. The molecule has 138 valence electrons. The standard InChI is InChI=1S/C19H21NO5S/c1-14(21)24-11-9-20(10-12-25-15(2)22)17-7-5-16(6-8-17)19(23)18-4-3-13-26-18/h3-8,13H,9-12H2,1-2H3. The van der Waals surface area contributed by atoms with E-state index in [9.17, 15) is 14.4 Å². The van der Waals surface area contributed by atoms with Crippen LogP contribution >= 0.6 is 11.3 Å². The van der Waals surface area contributed by atoms with Gasteiger partial charge in [0.05, 0.1) is 18.0 Å². The highest BCUT2D eigenvalue weighted by atomic mass is 32.1. The molecule has 0 aliphatic heterocycles. The molecule has 0 atom stereocenters. The fourth-order valence-electron chi connectivity index (χ4n) is 2.34. The summed E-state index contributed by atoms with van der Waals surface area (Å²) >= 11 is 1.41. The van der Waals surface area contributed by atoms with Gasteiger partial charge in [0.2, 0.25) is 5.78 Å². The Labute approximate surface area is 156 Å². The molecule has 0 spiro atoms. The second-order valence-corrected chi connectivity index (χ2v) is 6.47. The summed E-state index contributed by atoms with van der Waals surface area (Å²) in [7, 11) is 0. The van der Waals surface area contributed by atoms with Crippen LogP contribution < -0.4 is 4.90 Å². The summed E-state index contributed by atoms with van der Waals surface area (Å²) in [5, 5.41) is 1.87. The molecule has 0 amide bonds. The molecule has 0 unspecified atom stereocenters. The number of hydrogen-bond donors (Lipinski definition) is 0. The minimum Gasteiger partial charge on any atom is -0.464 e. The number of anilines is 1. The number of ketones is 1. The van der Waals surface area contributed by atoms with Crippen molar-refractivity contribution in [2.45, 2.75) is 13.8 Å². The van der Waals surface area contributed by atoms with Gasteiger partial charge in [-0.05, 0) is 35.7 Å². The van der Waals surface area contributed by atoms with E-state index in [0.717, 1.165) is 5.69 Å². The van der Waals surface area contributed by atoms with Crippen molar-refractivity contribution < 1.29 is 23.9 Å². The normalized spacial score (nSPS) is 10.2. The summed E-state index contributed by atoms with van der Waals surface area (Å²) in [5.74, 6) is -0.707. The van der Waals surface area contributed by atoms with Crippen LogP contribution in [0.15, 0.2) is 41.8 Å². The number of hydrogen-bond acceptors (Lipinski definition) is 7. The van der Waals surface area contributed by atoms with Crippen LogP contribution in [0.3, 0.4) is 0 Å². The van der Waals surface area contributed by atoms with Gasteiger partial charge in [-0.2, -0.15) is 0 Å². The van der Waals surface area contributed by atoms with Gasteiger partial charge >= 0.3 is 11.9 Å². The molecule has 0 N–H and O–H groups in total. The Morgan fingerprint density at radius 3 is 1.96 bits per heavy atom. The Hall–Kier alpha value is -2.67. The van der Waals surface area contributed by atoms with E-state index in [-0.39, 0.29) is 30.9 Å². The van der Waals surface area contributed by atoms with Crippen LogP contribution in [0.4, 0.5) is 5.69 Å². The van der Waals surface area contributed by atoms with E-state index in [1.54, 1.807) is 18.2 Å². The van der Waals surface area contributed by atoms with Gasteiger partial charge < -0.3 is 14.4 Å². The van der Waals surface area contributed by atoms with Crippen molar-refractivity contribution in [1.82, 2.24) is 0 Å². The van der Waals surface area contributed by atoms with Crippen LogP contribution in [-0.4, -0.2) is 44.0 Å². The molecule has 1 aromatic carbocycles. The number of esters is 2. The van der Waals surface area contributed by atoms with Gasteiger partial charge in [-0.15, -0.1) is 11.3 Å². The van der Waals surface area contributed by atoms with Gasteiger partial charge in [0, 0.05) is 25.1 Å². The van der Waals surface area contributed by atoms with Gasteiger partial charge in [-0.1, -0.05) is 6.07 Å². The van der Waals surface area contributed by atoms with Crippen molar-refractivity contribution in [3.8, 4) is 0 Å². The van der Waals surface area contributed by atoms with Gasteiger partial charge in [0.15, 0.2) is 0 Å². The first kappa shape index (κ1) is 19.7. The lowest BCUT2D eigenvalue weighted by Crippen LogP contribution is -2.31. The minimum atomic E-state index is -0.346. The monoisotopic (exact) mass is 375 g/mol. The molecule has 6 nitrogen and oxygen atoms in total. The van der Waals surface area contributed by atoms with Crippen molar-refractivity contribution >= 4 is 34.7 Å². The quantitative estimate of drug-likeness (QED) is 0.496. The molecule has 1 aromatic heterocycles. The lowest BCUT2D eigenvalue weighted by atomic mass is 10.1. The molecule has 0 aliphatic carbocycles. The van der Waals surface area contributed by atoms with E-state index in [1.807, 2.05) is 28.5 Å². The number of carbonyl (C=O) groups excluding carboxylic acids is 3. The number of ether oxygens (including phenoxy) is 2. The third-order valence-electron chi connectivity index (χ3n) is 3.57.